The van der Waals surface area contributed by atoms with Gasteiger partial charge in [0.05, 0.1) is 17.0 Å². The molecule has 0 spiro atoms. The highest BCUT2D eigenvalue weighted by atomic mass is 32.2. The molecule has 1 aliphatic rings. The third-order valence-corrected chi connectivity index (χ3v) is 6.41. The Hall–Kier alpha value is -2.10. The first-order valence-electron chi connectivity index (χ1n) is 7.91. The Bertz CT molecular complexity index is 1010. The van der Waals surface area contributed by atoms with Gasteiger partial charge in [0.15, 0.2) is 5.16 Å². The van der Waals surface area contributed by atoms with Crippen molar-refractivity contribution in [2.45, 2.75) is 36.6 Å². The van der Waals surface area contributed by atoms with E-state index in [1.807, 2.05) is 24.3 Å². The van der Waals surface area contributed by atoms with Gasteiger partial charge in [-0.2, -0.15) is 5.26 Å². The van der Waals surface area contributed by atoms with Crippen molar-refractivity contribution in [3.05, 3.63) is 56.2 Å². The quantitative estimate of drug-likeness (QED) is 0.570. The van der Waals surface area contributed by atoms with Gasteiger partial charge < -0.3 is 4.98 Å². The molecule has 4 rings (SSSR count). The van der Waals surface area contributed by atoms with Crippen LogP contribution in [0.1, 0.15) is 34.4 Å². The van der Waals surface area contributed by atoms with Crippen LogP contribution >= 0.6 is 23.1 Å². The molecule has 0 atom stereocenters. The molecule has 4 nitrogen and oxygen atoms in total. The molecule has 24 heavy (non-hydrogen) atoms. The third kappa shape index (κ3) is 2.74. The Balaban J connectivity index is 1.66. The lowest BCUT2D eigenvalue weighted by Crippen LogP contribution is -2.10. The Morgan fingerprint density at radius 2 is 2.12 bits per heavy atom. The van der Waals surface area contributed by atoms with Crippen LogP contribution in [0, 0.1) is 11.3 Å². The molecule has 0 aliphatic heterocycles. The minimum absolute atomic E-state index is 0.0320. The van der Waals surface area contributed by atoms with Crippen LogP contribution < -0.4 is 5.56 Å². The van der Waals surface area contributed by atoms with E-state index in [1.165, 1.54) is 28.6 Å². The predicted octanol–water partition coefficient (Wildman–Crippen LogP) is 4.03. The van der Waals surface area contributed by atoms with Crippen molar-refractivity contribution in [3.8, 4) is 6.07 Å². The summed E-state index contributed by atoms with van der Waals surface area (Å²) in [5.74, 6) is 0.614. The van der Waals surface area contributed by atoms with Crippen molar-refractivity contribution >= 4 is 33.3 Å². The van der Waals surface area contributed by atoms with Gasteiger partial charge in [0.2, 0.25) is 0 Å². The Morgan fingerprint density at radius 1 is 1.29 bits per heavy atom. The van der Waals surface area contributed by atoms with E-state index in [2.05, 4.69) is 16.0 Å². The lowest BCUT2D eigenvalue weighted by Gasteiger charge is -2.09. The maximum Gasteiger partial charge on any atom is 0.260 e. The van der Waals surface area contributed by atoms with Gasteiger partial charge in [-0.05, 0) is 42.9 Å². The van der Waals surface area contributed by atoms with Crippen LogP contribution in [-0.4, -0.2) is 9.97 Å². The Labute approximate surface area is 147 Å². The zero-order chi connectivity index (χ0) is 16.5. The van der Waals surface area contributed by atoms with E-state index in [0.717, 1.165) is 35.0 Å². The molecule has 1 aliphatic carbocycles. The molecule has 0 fully saturated rings. The van der Waals surface area contributed by atoms with E-state index in [4.69, 9.17) is 5.26 Å². The first-order chi connectivity index (χ1) is 11.8. The largest absolute Gasteiger partial charge is 0.301 e. The number of hydrogen-bond donors (Lipinski definition) is 1. The van der Waals surface area contributed by atoms with Crippen LogP contribution in [0.3, 0.4) is 0 Å². The summed E-state index contributed by atoms with van der Waals surface area (Å²) < 4.78 is 0. The molecule has 1 aromatic carbocycles. The van der Waals surface area contributed by atoms with Gasteiger partial charge >= 0.3 is 0 Å². The minimum Gasteiger partial charge on any atom is -0.301 e. The summed E-state index contributed by atoms with van der Waals surface area (Å²) in [7, 11) is 0. The molecular weight excluding hydrogens is 338 g/mol. The van der Waals surface area contributed by atoms with Gasteiger partial charge in [-0.3, -0.25) is 4.79 Å². The zero-order valence-electron chi connectivity index (χ0n) is 13.0. The number of fused-ring (bicyclic) bond motifs is 3. The van der Waals surface area contributed by atoms with Crippen molar-refractivity contribution in [2.24, 2.45) is 0 Å². The van der Waals surface area contributed by atoms with Crippen molar-refractivity contribution in [2.75, 3.05) is 0 Å². The fourth-order valence-electron chi connectivity index (χ4n) is 3.11. The van der Waals surface area contributed by atoms with E-state index in [1.54, 1.807) is 11.3 Å². The maximum atomic E-state index is 12.5. The SMILES string of the molecule is N#Cc1ccccc1CSc1nc2sc3c(c2c(=O)[nH]1)CCCC3. The monoisotopic (exact) mass is 353 g/mol. The molecule has 0 radical (unpaired) electrons. The summed E-state index contributed by atoms with van der Waals surface area (Å²) in [5.41, 5.74) is 2.80. The average Bonchev–Trinajstić information content (AvgIpc) is 2.99. The predicted molar refractivity (Wildman–Crippen MR) is 97.6 cm³/mol. The zero-order valence-corrected chi connectivity index (χ0v) is 14.6. The van der Waals surface area contributed by atoms with Gasteiger partial charge in [0.1, 0.15) is 4.83 Å². The average molecular weight is 353 g/mol. The molecule has 0 saturated carbocycles. The number of nitrogens with zero attached hydrogens (tertiary/aromatic N) is 2. The first kappa shape index (κ1) is 15.4. The molecule has 120 valence electrons. The molecule has 0 bridgehead atoms. The molecule has 0 saturated heterocycles. The number of H-pyrrole nitrogens is 1. The van der Waals surface area contributed by atoms with E-state index in [0.29, 0.717) is 16.5 Å². The van der Waals surface area contributed by atoms with Gasteiger partial charge in [0.25, 0.3) is 5.56 Å². The highest BCUT2D eigenvalue weighted by molar-refractivity contribution is 7.98. The molecule has 1 N–H and O–H groups in total. The number of nitriles is 1. The number of benzene rings is 1. The molecule has 0 unspecified atom stereocenters. The molecule has 2 aromatic heterocycles. The van der Waals surface area contributed by atoms with Crippen molar-refractivity contribution in [1.82, 2.24) is 9.97 Å². The maximum absolute atomic E-state index is 12.5. The number of aryl methyl sites for hydroxylation is 2. The summed E-state index contributed by atoms with van der Waals surface area (Å²) >= 11 is 3.13. The van der Waals surface area contributed by atoms with Crippen molar-refractivity contribution in [1.29, 1.82) is 5.26 Å². The molecular formula is C18H15N3OS2. The second kappa shape index (κ2) is 6.42. The molecule has 0 amide bonds. The van der Waals surface area contributed by atoms with E-state index >= 15 is 0 Å². The van der Waals surface area contributed by atoms with Crippen LogP contribution in [0.5, 0.6) is 0 Å². The number of thiophene rings is 1. The fraction of sp³-hybridized carbons (Fsp3) is 0.278. The van der Waals surface area contributed by atoms with Gasteiger partial charge in [0, 0.05) is 10.6 Å². The van der Waals surface area contributed by atoms with Crippen LogP contribution in [0.15, 0.2) is 34.2 Å². The first-order valence-corrected chi connectivity index (χ1v) is 9.72. The van der Waals surface area contributed by atoms with Gasteiger partial charge in [-0.15, -0.1) is 11.3 Å². The van der Waals surface area contributed by atoms with Crippen LogP contribution in [0.25, 0.3) is 10.2 Å². The smallest absolute Gasteiger partial charge is 0.260 e. The Kier molecular flexibility index (Phi) is 4.13. The number of hydrogen-bond acceptors (Lipinski definition) is 5. The summed E-state index contributed by atoms with van der Waals surface area (Å²) in [4.78, 5) is 22.3. The number of aromatic nitrogens is 2. The van der Waals surface area contributed by atoms with E-state index in [9.17, 15) is 4.79 Å². The lowest BCUT2D eigenvalue weighted by atomic mass is 9.97. The number of thioether (sulfide) groups is 1. The summed E-state index contributed by atoms with van der Waals surface area (Å²) in [5, 5.41) is 10.6. The van der Waals surface area contributed by atoms with E-state index in [-0.39, 0.29) is 5.56 Å². The molecule has 3 aromatic rings. The summed E-state index contributed by atoms with van der Waals surface area (Å²) in [6.07, 6.45) is 4.40. The normalized spacial score (nSPS) is 13.6. The third-order valence-electron chi connectivity index (χ3n) is 4.31. The Morgan fingerprint density at radius 3 is 3.00 bits per heavy atom. The van der Waals surface area contributed by atoms with Crippen LogP contribution in [0.4, 0.5) is 0 Å². The number of rotatable bonds is 3. The van der Waals surface area contributed by atoms with E-state index < -0.39 is 0 Å². The topological polar surface area (TPSA) is 69.5 Å². The molecule has 6 heteroatoms. The highest BCUT2D eigenvalue weighted by Crippen LogP contribution is 2.34. The standard InChI is InChI=1S/C18H15N3OS2/c19-9-11-5-1-2-6-12(11)10-23-18-20-16(22)15-13-7-3-4-8-14(13)24-17(15)21-18/h1-2,5-6H,3-4,7-8,10H2,(H,20,21,22). The van der Waals surface area contributed by atoms with Gasteiger partial charge in [-0.1, -0.05) is 30.0 Å². The van der Waals surface area contributed by atoms with Crippen molar-refractivity contribution < 1.29 is 0 Å². The minimum atomic E-state index is -0.0320. The van der Waals surface area contributed by atoms with Crippen LogP contribution in [0.2, 0.25) is 0 Å². The summed E-state index contributed by atoms with van der Waals surface area (Å²) in [6, 6.07) is 9.72. The number of aromatic amines is 1. The summed E-state index contributed by atoms with van der Waals surface area (Å²) in [6.45, 7) is 0. The van der Waals surface area contributed by atoms with Crippen molar-refractivity contribution in [3.63, 3.8) is 0 Å². The second-order valence-corrected chi connectivity index (χ2v) is 7.87. The highest BCUT2D eigenvalue weighted by Gasteiger charge is 2.19. The number of nitrogens with one attached hydrogen (secondary N) is 1. The fourth-order valence-corrected chi connectivity index (χ4v) is 5.30. The second-order valence-electron chi connectivity index (χ2n) is 5.82. The molecule has 2 heterocycles. The lowest BCUT2D eigenvalue weighted by molar-refractivity contribution is 0.700. The van der Waals surface area contributed by atoms with Crippen LogP contribution in [-0.2, 0) is 18.6 Å². The van der Waals surface area contributed by atoms with Gasteiger partial charge in [-0.25, -0.2) is 4.98 Å².